The van der Waals surface area contributed by atoms with Crippen molar-refractivity contribution in [2.45, 2.75) is 44.3 Å². The zero-order chi connectivity index (χ0) is 30.4. The fourth-order valence-corrected chi connectivity index (χ4v) is 6.67. The lowest BCUT2D eigenvalue weighted by molar-refractivity contribution is -0.129. The molecule has 6 rings (SSSR count). The number of hydrogen-bond donors (Lipinski definition) is 0. The van der Waals surface area contributed by atoms with Crippen LogP contribution >= 0.6 is 11.6 Å². The van der Waals surface area contributed by atoms with Crippen LogP contribution in [0.2, 0.25) is 5.02 Å². The molecule has 3 atom stereocenters. The molecular weight excluding hydrogens is 578 g/mol. The Morgan fingerprint density at radius 3 is 2.72 bits per heavy atom. The van der Waals surface area contributed by atoms with Gasteiger partial charge in [0.05, 0.1) is 35.1 Å². The minimum Gasteiger partial charge on any atom is -0.488 e. The van der Waals surface area contributed by atoms with Crippen LogP contribution in [0.3, 0.4) is 0 Å². The first-order chi connectivity index (χ1) is 20.7. The molecule has 0 bridgehead atoms. The van der Waals surface area contributed by atoms with E-state index in [2.05, 4.69) is 22.5 Å². The number of nitriles is 1. The number of carbonyl (C=O) groups is 1. The molecule has 2 fully saturated rings. The number of likely N-dealkylation sites (tertiary alicyclic amines) is 1. The molecule has 0 saturated carbocycles. The van der Waals surface area contributed by atoms with Gasteiger partial charge in [0.2, 0.25) is 5.91 Å². The first kappa shape index (κ1) is 29.1. The van der Waals surface area contributed by atoms with Gasteiger partial charge in [-0.05, 0) is 57.1 Å². The third-order valence-electron chi connectivity index (χ3n) is 8.71. The summed E-state index contributed by atoms with van der Waals surface area (Å²) in [5, 5.41) is 10.2. The Bertz CT molecular complexity index is 1720. The smallest absolute Gasteiger partial charge is 0.350 e. The van der Waals surface area contributed by atoms with Gasteiger partial charge < -0.3 is 19.4 Å². The number of ether oxygens (including phenoxy) is 1. The van der Waals surface area contributed by atoms with E-state index >= 15 is 4.39 Å². The number of halogens is 3. The van der Waals surface area contributed by atoms with E-state index in [1.165, 1.54) is 12.1 Å². The maximum absolute atomic E-state index is 15.1. The minimum absolute atomic E-state index is 0.0543. The highest BCUT2D eigenvalue weighted by Gasteiger charge is 2.37. The molecule has 2 aromatic carbocycles. The van der Waals surface area contributed by atoms with Gasteiger partial charge in [0, 0.05) is 48.3 Å². The van der Waals surface area contributed by atoms with Crippen LogP contribution in [0.5, 0.6) is 5.75 Å². The van der Waals surface area contributed by atoms with E-state index < -0.39 is 23.4 Å². The number of benzene rings is 2. The van der Waals surface area contributed by atoms with Crippen molar-refractivity contribution < 1.29 is 18.3 Å². The lowest BCUT2D eigenvalue weighted by Crippen LogP contribution is -2.59. The fourth-order valence-electron chi connectivity index (χ4n) is 6.37. The largest absolute Gasteiger partial charge is 0.488 e. The van der Waals surface area contributed by atoms with Crippen LogP contribution in [0.15, 0.2) is 41.7 Å². The number of carbonyl (C=O) groups excluding carboxylic acids is 1. The van der Waals surface area contributed by atoms with Gasteiger partial charge in [0.25, 0.3) is 0 Å². The van der Waals surface area contributed by atoms with Crippen molar-refractivity contribution in [3.05, 3.63) is 64.1 Å². The van der Waals surface area contributed by atoms with Crippen molar-refractivity contribution in [2.75, 3.05) is 44.2 Å². The average molecular weight is 609 g/mol. The molecule has 9 nitrogen and oxygen atoms in total. The number of nitrogens with zero attached hydrogens (tertiary/aromatic N) is 6. The molecule has 2 saturated heterocycles. The summed E-state index contributed by atoms with van der Waals surface area (Å²) in [7, 11) is 0. The number of amides is 1. The highest BCUT2D eigenvalue weighted by Crippen LogP contribution is 2.47. The summed E-state index contributed by atoms with van der Waals surface area (Å²) in [6.45, 7) is 9.02. The highest BCUT2D eigenvalue weighted by atomic mass is 35.5. The third kappa shape index (κ3) is 5.12. The zero-order valence-corrected chi connectivity index (χ0v) is 24.5. The Balaban J connectivity index is 1.54. The Labute approximate surface area is 252 Å². The fraction of sp³-hybridized carbons (Fsp3) is 0.419. The summed E-state index contributed by atoms with van der Waals surface area (Å²) in [6, 6.07) is 5.99. The van der Waals surface area contributed by atoms with Crippen LogP contribution < -0.4 is 15.3 Å². The second-order valence-electron chi connectivity index (χ2n) is 11.3. The van der Waals surface area contributed by atoms with E-state index in [4.69, 9.17) is 16.3 Å². The quantitative estimate of drug-likeness (QED) is 0.364. The summed E-state index contributed by atoms with van der Waals surface area (Å²) in [5.74, 6) is -1.23. The van der Waals surface area contributed by atoms with Gasteiger partial charge in [-0.25, -0.2) is 13.6 Å². The molecule has 3 aliphatic rings. The summed E-state index contributed by atoms with van der Waals surface area (Å²) in [4.78, 5) is 36.9. The topological polar surface area (TPSA) is 94.7 Å². The van der Waals surface area contributed by atoms with Crippen LogP contribution in [0.1, 0.15) is 32.2 Å². The molecule has 3 aromatic rings. The maximum Gasteiger partial charge on any atom is 0.350 e. The normalized spacial score (nSPS) is 21.7. The van der Waals surface area contributed by atoms with E-state index in [1.807, 2.05) is 11.8 Å². The lowest BCUT2D eigenvalue weighted by atomic mass is 9.98. The van der Waals surface area contributed by atoms with E-state index in [-0.39, 0.29) is 66.0 Å². The maximum atomic E-state index is 15.1. The van der Waals surface area contributed by atoms with Crippen LogP contribution in [0.25, 0.3) is 22.0 Å². The SMILES string of the molecule is C=CC(=O)N1CC(C)N(c2nc(=O)n3c4c(c(-c5ccc(F)cc5F)c(Cl)cc24)OCC3CCN2CCC2)C[C@@H]1CC#N. The predicted molar refractivity (Wildman–Crippen MR) is 159 cm³/mol. The second kappa shape index (κ2) is 11.6. The van der Waals surface area contributed by atoms with Crippen molar-refractivity contribution in [3.63, 3.8) is 0 Å². The van der Waals surface area contributed by atoms with Gasteiger partial charge in [-0.15, -0.1) is 0 Å². The molecule has 0 aliphatic carbocycles. The second-order valence-corrected chi connectivity index (χ2v) is 11.7. The summed E-state index contributed by atoms with van der Waals surface area (Å²) >= 11 is 6.84. The van der Waals surface area contributed by atoms with E-state index in [0.717, 1.165) is 38.2 Å². The van der Waals surface area contributed by atoms with Crippen LogP contribution in [-0.4, -0.2) is 76.7 Å². The monoisotopic (exact) mass is 608 g/mol. The molecule has 0 spiro atoms. The molecule has 0 radical (unpaired) electrons. The van der Waals surface area contributed by atoms with Gasteiger partial charge >= 0.3 is 5.69 Å². The number of hydrogen-bond acceptors (Lipinski definition) is 7. The van der Waals surface area contributed by atoms with Gasteiger partial charge in [0.15, 0.2) is 5.75 Å². The van der Waals surface area contributed by atoms with Crippen LogP contribution in [0, 0.1) is 23.0 Å². The van der Waals surface area contributed by atoms with E-state index in [1.54, 1.807) is 15.5 Å². The van der Waals surface area contributed by atoms with Crippen molar-refractivity contribution >= 4 is 34.2 Å². The first-order valence-corrected chi connectivity index (χ1v) is 14.8. The Morgan fingerprint density at radius 2 is 2.05 bits per heavy atom. The molecule has 4 heterocycles. The third-order valence-corrected chi connectivity index (χ3v) is 9.01. The van der Waals surface area contributed by atoms with Gasteiger partial charge in [-0.1, -0.05) is 18.2 Å². The Hall–Kier alpha value is -4.01. The van der Waals surface area contributed by atoms with Crippen molar-refractivity contribution in [1.82, 2.24) is 19.4 Å². The number of aromatic nitrogens is 2. The first-order valence-electron chi connectivity index (χ1n) is 14.4. The molecule has 0 N–H and O–H groups in total. The number of piperazine rings is 1. The van der Waals surface area contributed by atoms with Crippen LogP contribution in [-0.2, 0) is 4.79 Å². The lowest BCUT2D eigenvalue weighted by Gasteiger charge is -2.45. The van der Waals surface area contributed by atoms with E-state index in [0.29, 0.717) is 23.1 Å². The highest BCUT2D eigenvalue weighted by molar-refractivity contribution is 6.35. The molecular formula is C31H31ClF2N6O3. The average Bonchev–Trinajstić information content (AvgIpc) is 2.95. The minimum atomic E-state index is -0.805. The summed E-state index contributed by atoms with van der Waals surface area (Å²) in [5.41, 5.74) is 0.238. The van der Waals surface area contributed by atoms with Gasteiger partial charge in [0.1, 0.15) is 24.1 Å². The predicted octanol–water partition coefficient (Wildman–Crippen LogP) is 4.53. The molecule has 1 aromatic heterocycles. The van der Waals surface area contributed by atoms with Gasteiger partial charge in [-0.3, -0.25) is 9.36 Å². The van der Waals surface area contributed by atoms with Crippen molar-refractivity contribution in [2.24, 2.45) is 0 Å². The summed E-state index contributed by atoms with van der Waals surface area (Å²) < 4.78 is 36.9. The van der Waals surface area contributed by atoms with E-state index in [9.17, 15) is 19.2 Å². The number of rotatable bonds is 7. The molecule has 224 valence electrons. The summed E-state index contributed by atoms with van der Waals surface area (Å²) in [6.07, 6.45) is 3.11. The molecule has 43 heavy (non-hydrogen) atoms. The Morgan fingerprint density at radius 1 is 1.26 bits per heavy atom. The number of anilines is 1. The van der Waals surface area contributed by atoms with Gasteiger partial charge in [-0.2, -0.15) is 10.2 Å². The van der Waals surface area contributed by atoms with Crippen molar-refractivity contribution in [3.8, 4) is 22.9 Å². The molecule has 3 aliphatic heterocycles. The van der Waals surface area contributed by atoms with Crippen molar-refractivity contribution in [1.29, 1.82) is 5.26 Å². The Kier molecular flexibility index (Phi) is 7.83. The molecule has 12 heteroatoms. The van der Waals surface area contributed by atoms with Crippen LogP contribution in [0.4, 0.5) is 14.6 Å². The zero-order valence-electron chi connectivity index (χ0n) is 23.7. The molecule has 1 amide bonds. The molecule has 2 unspecified atom stereocenters. The standard InChI is InChI=1S/C31H31ClF2N6O3/c1-3-26(41)39-15-18(2)38(16-20(39)7-9-35)30-23-14-24(32)27(22-6-5-19(33)13-25(22)34)29-28(23)40(31(42)36-30)21(17-43-29)8-12-37-10-4-11-37/h3,5-6,13-14,18,20-21H,1,4,7-8,10-12,15-17H2,2H3/t18?,20-,21?/m0/s1.